The molecule has 1 aromatic carbocycles. The van der Waals surface area contributed by atoms with Crippen molar-refractivity contribution < 1.29 is 10.2 Å². The molecule has 5 heterocycles. The highest BCUT2D eigenvalue weighted by Gasteiger charge is 2.52. The highest BCUT2D eigenvalue weighted by atomic mass is 35.6. The first-order valence-electron chi connectivity index (χ1n) is 10.3. The van der Waals surface area contributed by atoms with E-state index >= 15 is 0 Å². The Bertz CT molecular complexity index is 950. The average molecular weight is 563 g/mol. The van der Waals surface area contributed by atoms with Gasteiger partial charge in [-0.15, -0.1) is 0 Å². The first-order chi connectivity index (χ1) is 15.1. The Morgan fingerprint density at radius 3 is 2.22 bits per heavy atom. The molecule has 1 aromatic heterocycles. The SMILES string of the molecule is C[C@H](O)C1=CN2[C@H]3C[C@@H]1[C@@H](CO)[C@@H]2Cc1c3n(C)c2ccccc12.ClC(Cl)Cl.ClC(Cl)Cl. The van der Waals surface area contributed by atoms with Crippen LogP contribution < -0.4 is 0 Å². The van der Waals surface area contributed by atoms with Crippen LogP contribution in [0.5, 0.6) is 0 Å². The van der Waals surface area contributed by atoms with Crippen molar-refractivity contribution in [2.45, 2.75) is 46.5 Å². The molecule has 4 bridgehead atoms. The highest BCUT2D eigenvalue weighted by molar-refractivity contribution is 6.63. The number of alkyl halides is 6. The molecule has 0 unspecified atom stereocenters. The van der Waals surface area contributed by atoms with Crippen LogP contribution in [0.4, 0.5) is 0 Å². The summed E-state index contributed by atoms with van der Waals surface area (Å²) in [4.78, 5) is 2.43. The van der Waals surface area contributed by atoms with E-state index in [2.05, 4.69) is 47.0 Å². The zero-order valence-electron chi connectivity index (χ0n) is 17.6. The topological polar surface area (TPSA) is 48.6 Å². The minimum Gasteiger partial charge on any atom is -0.396 e. The number of rotatable bonds is 2. The summed E-state index contributed by atoms with van der Waals surface area (Å²) in [6, 6.07) is 9.37. The molecule has 1 fully saturated rings. The fourth-order valence-electron chi connectivity index (χ4n) is 5.61. The monoisotopic (exact) mass is 560 g/mol. The second-order valence-electron chi connectivity index (χ2n) is 8.16. The van der Waals surface area contributed by atoms with Gasteiger partial charge in [0.25, 0.3) is 0 Å². The largest absolute Gasteiger partial charge is 0.396 e. The maximum atomic E-state index is 10.2. The molecule has 4 aliphatic rings. The number of halogens is 6. The molecule has 2 N–H and O–H groups in total. The number of nitrogens with zero attached hydrogens (tertiary/aromatic N) is 2. The van der Waals surface area contributed by atoms with Crippen LogP contribution in [0.25, 0.3) is 10.9 Å². The van der Waals surface area contributed by atoms with Crippen LogP contribution in [0, 0.1) is 11.8 Å². The van der Waals surface area contributed by atoms with Gasteiger partial charge in [0.15, 0.2) is 8.59 Å². The molecule has 0 amide bonds. The lowest BCUT2D eigenvalue weighted by molar-refractivity contribution is -0.0223. The number of aliphatic hydroxyl groups is 2. The van der Waals surface area contributed by atoms with Crippen LogP contribution >= 0.6 is 69.6 Å². The molecule has 10 heteroatoms. The van der Waals surface area contributed by atoms with Gasteiger partial charge in [0.05, 0.1) is 12.1 Å². The molecule has 0 radical (unpaired) electrons. The number of aromatic nitrogens is 1. The van der Waals surface area contributed by atoms with Gasteiger partial charge in [0.2, 0.25) is 0 Å². The van der Waals surface area contributed by atoms with Crippen molar-refractivity contribution in [2.75, 3.05) is 6.61 Å². The van der Waals surface area contributed by atoms with Gasteiger partial charge in [0, 0.05) is 48.4 Å². The summed E-state index contributed by atoms with van der Waals surface area (Å²) in [5.74, 6) is 0.518. The Morgan fingerprint density at radius 1 is 1.06 bits per heavy atom. The van der Waals surface area contributed by atoms with Crippen molar-refractivity contribution in [2.24, 2.45) is 18.9 Å². The van der Waals surface area contributed by atoms with Crippen molar-refractivity contribution in [3.8, 4) is 0 Å². The van der Waals surface area contributed by atoms with E-state index in [0.717, 1.165) is 18.4 Å². The van der Waals surface area contributed by atoms with E-state index in [-0.39, 0.29) is 12.5 Å². The molecule has 0 spiro atoms. The Kier molecular flexibility index (Phi) is 9.24. The average Bonchev–Trinajstić information content (AvgIpc) is 2.99. The Balaban J connectivity index is 0.000000316. The van der Waals surface area contributed by atoms with Gasteiger partial charge in [-0.2, -0.15) is 0 Å². The molecule has 32 heavy (non-hydrogen) atoms. The number of aliphatic hydroxyl groups excluding tert-OH is 2. The molecular formula is C22H26Cl6N2O2. The Labute approximate surface area is 218 Å². The van der Waals surface area contributed by atoms with Crippen LogP contribution in [0.3, 0.4) is 0 Å². The highest BCUT2D eigenvalue weighted by Crippen LogP contribution is 2.54. The minimum absolute atomic E-state index is 0.197. The smallest absolute Gasteiger partial charge is 0.180 e. The third-order valence-corrected chi connectivity index (χ3v) is 6.64. The number of fused-ring (bicyclic) bond motifs is 3. The lowest BCUT2D eigenvalue weighted by atomic mass is 9.65. The maximum Gasteiger partial charge on any atom is 0.180 e. The van der Waals surface area contributed by atoms with Crippen molar-refractivity contribution >= 4 is 80.5 Å². The zero-order chi connectivity index (χ0) is 23.7. The van der Waals surface area contributed by atoms with E-state index in [4.69, 9.17) is 69.6 Å². The van der Waals surface area contributed by atoms with Crippen LogP contribution in [0.2, 0.25) is 0 Å². The molecule has 5 atom stereocenters. The summed E-state index contributed by atoms with van der Waals surface area (Å²) in [6.07, 6.45) is 3.74. The Hall–Kier alpha value is -0.0400. The summed E-state index contributed by atoms with van der Waals surface area (Å²) < 4.78 is 0.857. The van der Waals surface area contributed by atoms with Gasteiger partial charge in [-0.1, -0.05) is 87.8 Å². The first-order valence-corrected chi connectivity index (χ1v) is 12.9. The fraction of sp³-hybridized carbons (Fsp3) is 0.545. The number of hydrogen-bond donors (Lipinski definition) is 2. The second kappa shape index (κ2) is 11.1. The van der Waals surface area contributed by atoms with Crippen molar-refractivity contribution in [1.82, 2.24) is 9.47 Å². The van der Waals surface area contributed by atoms with Gasteiger partial charge in [-0.05, 0) is 42.9 Å². The standard InChI is InChI=1S/C20H24N2O2.2CHCl3/c1-11(24)15-9-22-18-8-14-12-5-3-4-6-17(12)21(2)20(14)19(22)7-13(15)16(18)10-23;2*2-1(3)4/h3-6,9,11,13,16,18-19,23-24H,7-8,10H2,1-2H3;2*1H/t11-,13-,16+,18-,19-;;/m0../s1. The van der Waals surface area contributed by atoms with Gasteiger partial charge in [-0.3, -0.25) is 0 Å². The maximum absolute atomic E-state index is 10.2. The van der Waals surface area contributed by atoms with Gasteiger partial charge in [-0.25, -0.2) is 0 Å². The summed E-state index contributed by atoms with van der Waals surface area (Å²) in [6.45, 7) is 2.04. The molecule has 6 rings (SSSR count). The van der Waals surface area contributed by atoms with Crippen LogP contribution in [0.15, 0.2) is 36.0 Å². The lowest BCUT2D eigenvalue weighted by Crippen LogP contribution is -2.57. The van der Waals surface area contributed by atoms with E-state index in [1.165, 1.54) is 22.2 Å². The first kappa shape index (κ1) is 26.6. The molecular weight excluding hydrogens is 537 g/mol. The summed E-state index contributed by atoms with van der Waals surface area (Å²) >= 11 is 28.8. The Morgan fingerprint density at radius 2 is 1.66 bits per heavy atom. The number of aryl methyl sites for hydroxylation is 1. The predicted molar refractivity (Wildman–Crippen MR) is 136 cm³/mol. The van der Waals surface area contributed by atoms with E-state index in [1.807, 2.05) is 6.92 Å². The molecule has 0 saturated carbocycles. The van der Waals surface area contributed by atoms with Crippen LogP contribution in [-0.2, 0) is 13.5 Å². The number of para-hydroxylation sites is 1. The third-order valence-electron chi connectivity index (χ3n) is 6.64. The van der Waals surface area contributed by atoms with E-state index < -0.39 is 14.7 Å². The van der Waals surface area contributed by atoms with E-state index in [0.29, 0.717) is 18.0 Å². The van der Waals surface area contributed by atoms with Crippen molar-refractivity contribution in [3.63, 3.8) is 0 Å². The van der Waals surface area contributed by atoms with Crippen LogP contribution in [-0.4, -0.2) is 47.0 Å². The zero-order valence-corrected chi connectivity index (χ0v) is 22.1. The quantitative estimate of drug-likeness (QED) is 0.421. The van der Waals surface area contributed by atoms with E-state index in [9.17, 15) is 10.2 Å². The summed E-state index contributed by atoms with van der Waals surface area (Å²) in [7, 11) is 2.17. The molecule has 4 nitrogen and oxygen atoms in total. The normalized spacial score (nSPS) is 26.2. The summed E-state index contributed by atoms with van der Waals surface area (Å²) in [5, 5.41) is 21.6. The van der Waals surface area contributed by atoms with Crippen molar-refractivity contribution in [1.29, 1.82) is 0 Å². The molecule has 178 valence electrons. The lowest BCUT2D eigenvalue weighted by Gasteiger charge is -2.57. The summed E-state index contributed by atoms with van der Waals surface area (Å²) in [5.41, 5.74) is 5.29. The number of piperidine rings is 1. The number of benzene rings is 1. The third kappa shape index (κ3) is 5.28. The predicted octanol–water partition coefficient (Wildman–Crippen LogP) is 6.33. The minimum atomic E-state index is -0.750. The molecule has 0 aliphatic carbocycles. The molecule has 4 aliphatic heterocycles. The van der Waals surface area contributed by atoms with Gasteiger partial charge >= 0.3 is 0 Å². The van der Waals surface area contributed by atoms with Crippen molar-refractivity contribution in [3.05, 3.63) is 47.3 Å². The fourth-order valence-corrected chi connectivity index (χ4v) is 5.61. The molecule has 1 saturated heterocycles. The second-order valence-corrected chi connectivity index (χ2v) is 12.1. The van der Waals surface area contributed by atoms with Gasteiger partial charge in [0.1, 0.15) is 0 Å². The van der Waals surface area contributed by atoms with Crippen LogP contribution in [0.1, 0.15) is 30.6 Å². The number of hydrogen-bond acceptors (Lipinski definition) is 3. The van der Waals surface area contributed by atoms with Gasteiger partial charge < -0.3 is 19.7 Å². The van der Waals surface area contributed by atoms with E-state index in [1.54, 1.807) is 0 Å². The molecule has 2 aromatic rings.